The highest BCUT2D eigenvalue weighted by molar-refractivity contribution is 7.89. The summed E-state index contributed by atoms with van der Waals surface area (Å²) in [6.07, 6.45) is 0. The van der Waals surface area contributed by atoms with Gasteiger partial charge in [0.1, 0.15) is 5.75 Å². The van der Waals surface area contributed by atoms with Crippen LogP contribution in [0.4, 0.5) is 14.5 Å². The number of amides is 1. The van der Waals surface area contributed by atoms with Crippen molar-refractivity contribution in [3.8, 4) is 5.75 Å². The molecule has 25 heavy (non-hydrogen) atoms. The number of anilines is 1. The van der Waals surface area contributed by atoms with Gasteiger partial charge in [0.05, 0.1) is 4.90 Å². The third-order valence-corrected chi connectivity index (χ3v) is 5.02. The SMILES string of the molecule is CN(C)S(=O)(=O)c1cccc(C(=O)Nc2ccc(OC(F)F)cc2)c1. The van der Waals surface area contributed by atoms with E-state index < -0.39 is 22.5 Å². The lowest BCUT2D eigenvalue weighted by molar-refractivity contribution is -0.0498. The van der Waals surface area contributed by atoms with Crippen LogP contribution in [0, 0.1) is 0 Å². The van der Waals surface area contributed by atoms with Gasteiger partial charge in [-0.3, -0.25) is 4.79 Å². The second-order valence-corrected chi connectivity index (χ2v) is 7.32. The summed E-state index contributed by atoms with van der Waals surface area (Å²) in [7, 11) is -0.869. The number of sulfonamides is 1. The van der Waals surface area contributed by atoms with E-state index >= 15 is 0 Å². The second kappa shape index (κ2) is 7.58. The number of hydrogen-bond acceptors (Lipinski definition) is 4. The van der Waals surface area contributed by atoms with Crippen molar-refractivity contribution >= 4 is 21.6 Å². The Bertz CT molecular complexity index is 853. The molecule has 0 saturated heterocycles. The number of alkyl halides is 2. The topological polar surface area (TPSA) is 75.7 Å². The van der Waals surface area contributed by atoms with E-state index in [4.69, 9.17) is 0 Å². The van der Waals surface area contributed by atoms with Crippen LogP contribution in [-0.4, -0.2) is 39.3 Å². The minimum Gasteiger partial charge on any atom is -0.435 e. The second-order valence-electron chi connectivity index (χ2n) is 5.17. The van der Waals surface area contributed by atoms with Crippen molar-refractivity contribution in [3.05, 3.63) is 54.1 Å². The van der Waals surface area contributed by atoms with Gasteiger partial charge in [0.2, 0.25) is 10.0 Å². The van der Waals surface area contributed by atoms with Gasteiger partial charge in [0, 0.05) is 25.3 Å². The van der Waals surface area contributed by atoms with Crippen molar-refractivity contribution < 1.29 is 26.7 Å². The van der Waals surface area contributed by atoms with Gasteiger partial charge in [0.25, 0.3) is 5.91 Å². The number of halogens is 2. The predicted molar refractivity (Wildman–Crippen MR) is 88.3 cm³/mol. The van der Waals surface area contributed by atoms with E-state index in [1.165, 1.54) is 62.6 Å². The fourth-order valence-corrected chi connectivity index (χ4v) is 2.88. The molecule has 0 aliphatic carbocycles. The van der Waals surface area contributed by atoms with E-state index in [9.17, 15) is 22.0 Å². The van der Waals surface area contributed by atoms with Crippen LogP contribution >= 0.6 is 0 Å². The summed E-state index contributed by atoms with van der Waals surface area (Å²) in [4.78, 5) is 12.2. The molecule has 2 rings (SSSR count). The molecule has 0 bridgehead atoms. The van der Waals surface area contributed by atoms with Crippen molar-refractivity contribution in [2.45, 2.75) is 11.5 Å². The number of hydrogen-bond donors (Lipinski definition) is 1. The number of rotatable bonds is 6. The van der Waals surface area contributed by atoms with Gasteiger partial charge in [-0.1, -0.05) is 6.07 Å². The minimum atomic E-state index is -3.66. The van der Waals surface area contributed by atoms with Gasteiger partial charge in [-0.15, -0.1) is 0 Å². The molecule has 9 heteroatoms. The normalized spacial score (nSPS) is 11.6. The van der Waals surface area contributed by atoms with Crippen LogP contribution < -0.4 is 10.1 Å². The molecule has 0 aliphatic rings. The van der Waals surface area contributed by atoms with E-state index in [0.29, 0.717) is 5.69 Å². The van der Waals surface area contributed by atoms with Crippen molar-refractivity contribution in [2.24, 2.45) is 0 Å². The maximum Gasteiger partial charge on any atom is 0.387 e. The lowest BCUT2D eigenvalue weighted by Crippen LogP contribution is -2.22. The van der Waals surface area contributed by atoms with Gasteiger partial charge in [-0.25, -0.2) is 12.7 Å². The largest absolute Gasteiger partial charge is 0.435 e. The van der Waals surface area contributed by atoms with Gasteiger partial charge < -0.3 is 10.1 Å². The van der Waals surface area contributed by atoms with Gasteiger partial charge >= 0.3 is 6.61 Å². The van der Waals surface area contributed by atoms with E-state index in [1.807, 2.05) is 0 Å². The summed E-state index contributed by atoms with van der Waals surface area (Å²) in [5.41, 5.74) is 0.503. The van der Waals surface area contributed by atoms with Crippen LogP contribution in [-0.2, 0) is 10.0 Å². The number of carbonyl (C=O) groups excluding carboxylic acids is 1. The third-order valence-electron chi connectivity index (χ3n) is 3.21. The average molecular weight is 370 g/mol. The van der Waals surface area contributed by atoms with Gasteiger partial charge in [-0.05, 0) is 42.5 Å². The molecule has 0 aromatic heterocycles. The summed E-state index contributed by atoms with van der Waals surface area (Å²) in [5, 5.41) is 2.56. The van der Waals surface area contributed by atoms with Crippen LogP contribution in [0.15, 0.2) is 53.4 Å². The molecule has 6 nitrogen and oxygen atoms in total. The Morgan fingerprint density at radius 2 is 1.76 bits per heavy atom. The summed E-state index contributed by atoms with van der Waals surface area (Å²) in [6, 6.07) is 11.0. The van der Waals surface area contributed by atoms with E-state index in [0.717, 1.165) is 4.31 Å². The van der Waals surface area contributed by atoms with Crippen LogP contribution in [0.5, 0.6) is 5.75 Å². The predicted octanol–water partition coefficient (Wildman–Crippen LogP) is 2.79. The Morgan fingerprint density at radius 3 is 2.32 bits per heavy atom. The maximum atomic E-state index is 12.3. The lowest BCUT2D eigenvalue weighted by atomic mass is 10.2. The molecule has 134 valence electrons. The Balaban J connectivity index is 2.16. The highest BCUT2D eigenvalue weighted by Crippen LogP contribution is 2.19. The fraction of sp³-hybridized carbons (Fsp3) is 0.188. The summed E-state index contributed by atoms with van der Waals surface area (Å²) < 4.78 is 53.7. The van der Waals surface area contributed by atoms with Gasteiger partial charge in [-0.2, -0.15) is 8.78 Å². The first-order valence-electron chi connectivity index (χ1n) is 7.09. The highest BCUT2D eigenvalue weighted by atomic mass is 32.2. The third kappa shape index (κ3) is 4.74. The fourth-order valence-electron chi connectivity index (χ4n) is 1.93. The number of nitrogens with zero attached hydrogens (tertiary/aromatic N) is 1. The Kier molecular flexibility index (Phi) is 5.70. The quantitative estimate of drug-likeness (QED) is 0.848. The van der Waals surface area contributed by atoms with E-state index in [-0.39, 0.29) is 16.2 Å². The summed E-state index contributed by atoms with van der Waals surface area (Å²) >= 11 is 0. The summed E-state index contributed by atoms with van der Waals surface area (Å²) in [5.74, 6) is -0.564. The minimum absolute atomic E-state index is 0.00849. The molecule has 0 aliphatic heterocycles. The molecular formula is C16H16F2N2O4S. The average Bonchev–Trinajstić information content (AvgIpc) is 2.56. The molecule has 2 aromatic carbocycles. The van der Waals surface area contributed by atoms with E-state index in [1.54, 1.807) is 0 Å². The lowest BCUT2D eigenvalue weighted by Gasteiger charge is -2.12. The number of carbonyl (C=O) groups is 1. The molecule has 0 unspecified atom stereocenters. The van der Waals surface area contributed by atoms with Gasteiger partial charge in [0.15, 0.2) is 0 Å². The number of benzene rings is 2. The van der Waals surface area contributed by atoms with Crippen molar-refractivity contribution in [1.82, 2.24) is 4.31 Å². The van der Waals surface area contributed by atoms with Crippen LogP contribution in [0.1, 0.15) is 10.4 Å². The van der Waals surface area contributed by atoms with Crippen molar-refractivity contribution in [2.75, 3.05) is 19.4 Å². The van der Waals surface area contributed by atoms with E-state index in [2.05, 4.69) is 10.1 Å². The Hall–Kier alpha value is -2.52. The molecule has 0 saturated carbocycles. The van der Waals surface area contributed by atoms with Crippen molar-refractivity contribution in [3.63, 3.8) is 0 Å². The molecule has 0 radical (unpaired) electrons. The highest BCUT2D eigenvalue weighted by Gasteiger charge is 2.18. The van der Waals surface area contributed by atoms with Crippen LogP contribution in [0.2, 0.25) is 0 Å². The molecule has 0 atom stereocenters. The standard InChI is InChI=1S/C16H16F2N2O4S/c1-20(2)25(22,23)14-5-3-4-11(10-14)15(21)19-12-6-8-13(9-7-12)24-16(17)18/h3-10,16H,1-2H3,(H,19,21). The molecule has 2 aromatic rings. The Morgan fingerprint density at radius 1 is 1.12 bits per heavy atom. The molecule has 1 N–H and O–H groups in total. The molecule has 0 fully saturated rings. The Labute approximate surface area is 144 Å². The molecule has 0 spiro atoms. The zero-order valence-electron chi connectivity index (χ0n) is 13.4. The molecule has 0 heterocycles. The summed E-state index contributed by atoms with van der Waals surface area (Å²) in [6.45, 7) is -2.93. The van der Waals surface area contributed by atoms with Crippen LogP contribution in [0.25, 0.3) is 0 Å². The first kappa shape index (κ1) is 18.8. The first-order chi connectivity index (χ1) is 11.7. The van der Waals surface area contributed by atoms with Crippen LogP contribution in [0.3, 0.4) is 0 Å². The number of nitrogens with one attached hydrogen (secondary N) is 1. The molecular weight excluding hydrogens is 354 g/mol. The molecule has 1 amide bonds. The monoisotopic (exact) mass is 370 g/mol. The first-order valence-corrected chi connectivity index (χ1v) is 8.53. The zero-order valence-corrected chi connectivity index (χ0v) is 14.3. The maximum absolute atomic E-state index is 12.3. The zero-order chi connectivity index (χ0) is 18.6. The van der Waals surface area contributed by atoms with Crippen molar-refractivity contribution in [1.29, 1.82) is 0 Å². The number of ether oxygens (including phenoxy) is 1. The smallest absolute Gasteiger partial charge is 0.387 e.